The summed E-state index contributed by atoms with van der Waals surface area (Å²) in [6.45, 7) is 2.11. The monoisotopic (exact) mass is 292 g/mol. The number of benzene rings is 1. The summed E-state index contributed by atoms with van der Waals surface area (Å²) in [4.78, 5) is 36.1. The maximum absolute atomic E-state index is 11.9. The van der Waals surface area contributed by atoms with Crippen LogP contribution in [-0.2, 0) is 20.7 Å². The minimum absolute atomic E-state index is 0.00982. The predicted octanol–water partition coefficient (Wildman–Crippen LogP) is 0.418. The number of hydrogen-bond acceptors (Lipinski definition) is 5. The van der Waals surface area contributed by atoms with E-state index in [1.54, 1.807) is 12.1 Å². The van der Waals surface area contributed by atoms with Crippen molar-refractivity contribution in [2.24, 2.45) is 0 Å². The molecule has 0 aromatic heterocycles. The standard InChI is InChI=1S/C14H16N2O5/c1-9(13(19)16-7-6-15-14(16)20)21-12(18)8-10-2-4-11(17)5-3-10/h2-5,9,17H,6-8H2,1H3,(H,15,20)/t9-/m0/s1. The van der Waals surface area contributed by atoms with Crippen molar-refractivity contribution in [2.75, 3.05) is 13.1 Å². The van der Waals surface area contributed by atoms with Gasteiger partial charge in [-0.1, -0.05) is 12.1 Å². The zero-order valence-corrected chi connectivity index (χ0v) is 11.5. The van der Waals surface area contributed by atoms with Gasteiger partial charge in [0.2, 0.25) is 0 Å². The largest absolute Gasteiger partial charge is 0.508 e. The molecule has 21 heavy (non-hydrogen) atoms. The average molecular weight is 292 g/mol. The molecule has 0 radical (unpaired) electrons. The first kappa shape index (κ1) is 14.8. The van der Waals surface area contributed by atoms with Gasteiger partial charge >= 0.3 is 12.0 Å². The van der Waals surface area contributed by atoms with Gasteiger partial charge in [0.05, 0.1) is 6.42 Å². The summed E-state index contributed by atoms with van der Waals surface area (Å²) in [5.41, 5.74) is 0.663. The zero-order valence-electron chi connectivity index (χ0n) is 11.5. The van der Waals surface area contributed by atoms with E-state index in [1.807, 2.05) is 0 Å². The number of phenolic OH excluding ortho intramolecular Hbond substituents is 1. The van der Waals surface area contributed by atoms with Crippen molar-refractivity contribution in [1.82, 2.24) is 10.2 Å². The van der Waals surface area contributed by atoms with Crippen molar-refractivity contribution in [1.29, 1.82) is 0 Å². The summed E-state index contributed by atoms with van der Waals surface area (Å²) < 4.78 is 5.03. The molecule has 0 unspecified atom stereocenters. The third-order valence-electron chi connectivity index (χ3n) is 3.06. The van der Waals surface area contributed by atoms with E-state index in [0.29, 0.717) is 12.1 Å². The summed E-state index contributed by atoms with van der Waals surface area (Å²) in [5, 5.41) is 11.7. The molecule has 3 amide bonds. The van der Waals surface area contributed by atoms with E-state index in [-0.39, 0.29) is 18.7 Å². The molecule has 0 bridgehead atoms. The van der Waals surface area contributed by atoms with Crippen molar-refractivity contribution < 1.29 is 24.2 Å². The Morgan fingerprint density at radius 2 is 2.05 bits per heavy atom. The highest BCUT2D eigenvalue weighted by atomic mass is 16.5. The van der Waals surface area contributed by atoms with Gasteiger partial charge in [0.25, 0.3) is 5.91 Å². The number of hydrogen-bond donors (Lipinski definition) is 2. The van der Waals surface area contributed by atoms with Crippen LogP contribution in [0.15, 0.2) is 24.3 Å². The molecule has 0 spiro atoms. The fourth-order valence-corrected chi connectivity index (χ4v) is 1.97. The molecule has 1 aromatic rings. The van der Waals surface area contributed by atoms with Crippen LogP contribution in [0, 0.1) is 0 Å². The molecule has 7 nitrogen and oxygen atoms in total. The SMILES string of the molecule is C[C@H](OC(=O)Cc1ccc(O)cc1)C(=O)N1CCNC1=O. The van der Waals surface area contributed by atoms with Gasteiger partial charge in [-0.25, -0.2) is 4.79 Å². The molecule has 0 saturated carbocycles. The van der Waals surface area contributed by atoms with E-state index in [0.717, 1.165) is 4.90 Å². The lowest BCUT2D eigenvalue weighted by Gasteiger charge is -2.18. The van der Waals surface area contributed by atoms with Gasteiger partial charge in [-0.15, -0.1) is 0 Å². The molecule has 112 valence electrons. The number of ether oxygens (including phenoxy) is 1. The number of aromatic hydroxyl groups is 1. The van der Waals surface area contributed by atoms with Gasteiger partial charge in [0.15, 0.2) is 6.10 Å². The third-order valence-corrected chi connectivity index (χ3v) is 3.06. The molecule has 1 atom stereocenters. The van der Waals surface area contributed by atoms with Gasteiger partial charge in [-0.2, -0.15) is 0 Å². The Hall–Kier alpha value is -2.57. The molecule has 1 aromatic carbocycles. The van der Waals surface area contributed by atoms with Crippen molar-refractivity contribution in [3.63, 3.8) is 0 Å². The normalized spacial score (nSPS) is 15.5. The number of phenols is 1. The van der Waals surface area contributed by atoms with Gasteiger partial charge in [-0.05, 0) is 24.6 Å². The van der Waals surface area contributed by atoms with Crippen molar-refractivity contribution >= 4 is 17.9 Å². The van der Waals surface area contributed by atoms with Crippen molar-refractivity contribution in [2.45, 2.75) is 19.4 Å². The van der Waals surface area contributed by atoms with E-state index in [1.165, 1.54) is 19.1 Å². The quantitative estimate of drug-likeness (QED) is 0.784. The molecular weight excluding hydrogens is 276 g/mol. The molecule has 1 fully saturated rings. The molecule has 7 heteroatoms. The molecule has 2 rings (SSSR count). The predicted molar refractivity (Wildman–Crippen MR) is 72.5 cm³/mol. The molecule has 1 aliphatic heterocycles. The second-order valence-corrected chi connectivity index (χ2v) is 4.70. The van der Waals surface area contributed by atoms with Gasteiger partial charge in [-0.3, -0.25) is 14.5 Å². The fraction of sp³-hybridized carbons (Fsp3) is 0.357. The average Bonchev–Trinajstić information content (AvgIpc) is 2.86. The molecule has 0 aliphatic carbocycles. The van der Waals surface area contributed by atoms with Crippen LogP contribution in [0.3, 0.4) is 0 Å². The van der Waals surface area contributed by atoms with Crippen molar-refractivity contribution in [3.8, 4) is 5.75 Å². The Morgan fingerprint density at radius 3 is 2.62 bits per heavy atom. The lowest BCUT2D eigenvalue weighted by atomic mass is 10.1. The number of urea groups is 1. The second kappa shape index (κ2) is 6.25. The maximum Gasteiger partial charge on any atom is 0.324 e. The summed E-state index contributed by atoms with van der Waals surface area (Å²) in [7, 11) is 0. The summed E-state index contributed by atoms with van der Waals surface area (Å²) in [6.07, 6.45) is -1.03. The first-order chi connectivity index (χ1) is 9.97. The highest BCUT2D eigenvalue weighted by Gasteiger charge is 2.31. The number of rotatable bonds is 4. The lowest BCUT2D eigenvalue weighted by molar-refractivity contribution is -0.156. The van der Waals surface area contributed by atoms with Crippen LogP contribution in [0.25, 0.3) is 0 Å². The summed E-state index contributed by atoms with van der Waals surface area (Å²) in [6, 6.07) is 5.65. The van der Waals surface area contributed by atoms with Crippen LogP contribution >= 0.6 is 0 Å². The van der Waals surface area contributed by atoms with Crippen LogP contribution < -0.4 is 5.32 Å². The Morgan fingerprint density at radius 1 is 1.38 bits per heavy atom. The molecule has 1 saturated heterocycles. The topological polar surface area (TPSA) is 95.9 Å². The molecule has 1 heterocycles. The number of imide groups is 1. The number of esters is 1. The van der Waals surface area contributed by atoms with E-state index in [2.05, 4.69) is 5.32 Å². The molecule has 1 aliphatic rings. The summed E-state index contributed by atoms with van der Waals surface area (Å²) in [5.74, 6) is -0.999. The molecule has 2 N–H and O–H groups in total. The van der Waals surface area contributed by atoms with E-state index < -0.39 is 24.0 Å². The number of nitrogens with one attached hydrogen (secondary N) is 1. The van der Waals surface area contributed by atoms with Crippen LogP contribution in [0.1, 0.15) is 12.5 Å². The van der Waals surface area contributed by atoms with Crippen LogP contribution in [0.5, 0.6) is 5.75 Å². The Labute approximate surface area is 121 Å². The third kappa shape index (κ3) is 3.71. The Balaban J connectivity index is 1.88. The Bertz CT molecular complexity index is 555. The van der Waals surface area contributed by atoms with Crippen LogP contribution in [0.4, 0.5) is 4.79 Å². The number of carbonyl (C=O) groups excluding carboxylic acids is 3. The number of carbonyl (C=O) groups is 3. The minimum Gasteiger partial charge on any atom is -0.508 e. The second-order valence-electron chi connectivity index (χ2n) is 4.70. The maximum atomic E-state index is 11.9. The minimum atomic E-state index is -1.02. The number of amides is 3. The van der Waals surface area contributed by atoms with Crippen molar-refractivity contribution in [3.05, 3.63) is 29.8 Å². The zero-order chi connectivity index (χ0) is 15.4. The van der Waals surface area contributed by atoms with Crippen LogP contribution in [-0.4, -0.2) is 47.1 Å². The van der Waals surface area contributed by atoms with Gasteiger partial charge < -0.3 is 15.2 Å². The first-order valence-electron chi connectivity index (χ1n) is 6.54. The summed E-state index contributed by atoms with van der Waals surface area (Å²) >= 11 is 0. The van der Waals surface area contributed by atoms with Gasteiger partial charge in [0.1, 0.15) is 5.75 Å². The van der Waals surface area contributed by atoms with E-state index in [4.69, 9.17) is 9.84 Å². The smallest absolute Gasteiger partial charge is 0.324 e. The lowest BCUT2D eigenvalue weighted by Crippen LogP contribution is -2.42. The first-order valence-corrected chi connectivity index (χ1v) is 6.54. The van der Waals surface area contributed by atoms with Gasteiger partial charge in [0, 0.05) is 13.1 Å². The van der Waals surface area contributed by atoms with Crippen LogP contribution in [0.2, 0.25) is 0 Å². The van der Waals surface area contributed by atoms with E-state index in [9.17, 15) is 14.4 Å². The highest BCUT2D eigenvalue weighted by Crippen LogP contribution is 2.11. The fourth-order valence-electron chi connectivity index (χ4n) is 1.97. The number of nitrogens with zero attached hydrogens (tertiary/aromatic N) is 1. The Kier molecular flexibility index (Phi) is 4.42. The molecular formula is C14H16N2O5. The van der Waals surface area contributed by atoms with E-state index >= 15 is 0 Å². The highest BCUT2D eigenvalue weighted by molar-refractivity contribution is 5.98.